The van der Waals surface area contributed by atoms with E-state index in [4.69, 9.17) is 10.9 Å². The predicted molar refractivity (Wildman–Crippen MR) is 55.3 cm³/mol. The van der Waals surface area contributed by atoms with Gasteiger partial charge in [-0.1, -0.05) is 12.1 Å². The number of nitrogens with two attached hydrogens (primary N) is 1. The lowest BCUT2D eigenvalue weighted by Gasteiger charge is -2.03. The average Bonchev–Trinajstić information content (AvgIpc) is 2.20. The van der Waals surface area contributed by atoms with Gasteiger partial charge in [0.25, 0.3) is 0 Å². The molecule has 1 rings (SSSR count). The van der Waals surface area contributed by atoms with E-state index in [0.717, 1.165) is 5.75 Å². The van der Waals surface area contributed by atoms with Gasteiger partial charge in [0.2, 0.25) is 0 Å². The minimum Gasteiger partial charge on any atom is -0.409 e. The molecule has 0 saturated carbocycles. The molecule has 1 aromatic rings. The number of hydrogen-bond donors (Lipinski definition) is 2. The molecule has 0 aliphatic carbocycles. The first-order chi connectivity index (χ1) is 6.69. The van der Waals surface area contributed by atoms with E-state index < -0.39 is 0 Å². The maximum absolute atomic E-state index is 13.3. The van der Waals surface area contributed by atoms with Crippen molar-refractivity contribution >= 4 is 17.6 Å². The summed E-state index contributed by atoms with van der Waals surface area (Å²) in [5, 5.41) is 11.2. The molecule has 0 aromatic heterocycles. The van der Waals surface area contributed by atoms with Crippen molar-refractivity contribution in [1.82, 2.24) is 0 Å². The minimum absolute atomic E-state index is 0.0862. The largest absolute Gasteiger partial charge is 0.409 e. The summed E-state index contributed by atoms with van der Waals surface area (Å²) in [5.74, 6) is 0.373. The van der Waals surface area contributed by atoms with Crippen molar-refractivity contribution in [3.63, 3.8) is 0 Å². The topological polar surface area (TPSA) is 58.6 Å². The molecule has 0 atom stereocenters. The van der Waals surface area contributed by atoms with Gasteiger partial charge in [-0.2, -0.15) is 0 Å². The van der Waals surface area contributed by atoms with Crippen molar-refractivity contribution in [1.29, 1.82) is 0 Å². The smallest absolute Gasteiger partial charge is 0.170 e. The van der Waals surface area contributed by atoms with Crippen molar-refractivity contribution in [3.8, 4) is 0 Å². The van der Waals surface area contributed by atoms with Crippen LogP contribution in [0.1, 0.15) is 12.5 Å². The fourth-order valence-corrected chi connectivity index (χ4v) is 1.66. The van der Waals surface area contributed by atoms with Crippen LogP contribution in [0.25, 0.3) is 0 Å². The molecule has 76 valence electrons. The summed E-state index contributed by atoms with van der Waals surface area (Å²) in [5.41, 5.74) is 5.69. The lowest BCUT2D eigenvalue weighted by atomic mass is 10.2. The van der Waals surface area contributed by atoms with Gasteiger partial charge in [0, 0.05) is 10.5 Å². The molecular formula is C9H11FN2OS. The third-order valence-corrected chi connectivity index (χ3v) is 2.57. The molecule has 0 amide bonds. The van der Waals surface area contributed by atoms with Gasteiger partial charge in [0.1, 0.15) is 5.82 Å². The molecule has 3 N–H and O–H groups in total. The van der Waals surface area contributed by atoms with Crippen LogP contribution in [-0.4, -0.2) is 16.8 Å². The SMILES string of the molecule is CCSc1ccc(/C(N)=N/O)cc1F. The zero-order valence-corrected chi connectivity index (χ0v) is 8.51. The Morgan fingerprint density at radius 1 is 1.64 bits per heavy atom. The van der Waals surface area contributed by atoms with Gasteiger partial charge >= 0.3 is 0 Å². The fraction of sp³-hybridized carbons (Fsp3) is 0.222. The molecule has 0 radical (unpaired) electrons. The second-order valence-electron chi connectivity index (χ2n) is 2.56. The van der Waals surface area contributed by atoms with E-state index in [9.17, 15) is 4.39 Å². The predicted octanol–water partition coefficient (Wildman–Crippen LogP) is 2.03. The molecule has 14 heavy (non-hydrogen) atoms. The van der Waals surface area contributed by atoms with E-state index in [1.54, 1.807) is 12.1 Å². The van der Waals surface area contributed by atoms with E-state index in [0.29, 0.717) is 10.5 Å². The fourth-order valence-electron chi connectivity index (χ4n) is 0.990. The van der Waals surface area contributed by atoms with E-state index in [1.807, 2.05) is 6.92 Å². The Hall–Kier alpha value is -1.23. The van der Waals surface area contributed by atoms with Gasteiger partial charge < -0.3 is 10.9 Å². The van der Waals surface area contributed by atoms with Crippen LogP contribution in [0.15, 0.2) is 28.3 Å². The second-order valence-corrected chi connectivity index (χ2v) is 3.87. The standard InChI is InChI=1S/C9H11FN2OS/c1-2-14-8-4-3-6(5-7(8)10)9(11)12-13/h3-5,13H,2H2,1H3,(H2,11,12). The number of thioether (sulfide) groups is 1. The highest BCUT2D eigenvalue weighted by Crippen LogP contribution is 2.22. The van der Waals surface area contributed by atoms with E-state index >= 15 is 0 Å². The van der Waals surface area contributed by atoms with Crippen LogP contribution < -0.4 is 5.73 Å². The van der Waals surface area contributed by atoms with Crippen LogP contribution in [-0.2, 0) is 0 Å². The summed E-state index contributed by atoms with van der Waals surface area (Å²) in [7, 11) is 0. The van der Waals surface area contributed by atoms with Gasteiger partial charge in [-0.15, -0.1) is 11.8 Å². The van der Waals surface area contributed by atoms with Gasteiger partial charge in [0.05, 0.1) is 0 Å². The highest BCUT2D eigenvalue weighted by Gasteiger charge is 2.05. The van der Waals surface area contributed by atoms with Crippen LogP contribution in [0.2, 0.25) is 0 Å². The van der Waals surface area contributed by atoms with Crippen molar-refractivity contribution in [2.45, 2.75) is 11.8 Å². The first-order valence-corrected chi connectivity index (χ1v) is 5.07. The van der Waals surface area contributed by atoms with Crippen molar-refractivity contribution in [2.24, 2.45) is 10.9 Å². The van der Waals surface area contributed by atoms with Gasteiger partial charge in [-0.05, 0) is 24.0 Å². The summed E-state index contributed by atoms with van der Waals surface area (Å²) in [6, 6.07) is 4.50. The number of hydrogen-bond acceptors (Lipinski definition) is 3. The molecular weight excluding hydrogens is 203 g/mol. The molecule has 1 aromatic carbocycles. The van der Waals surface area contributed by atoms with Crippen LogP contribution in [0.4, 0.5) is 4.39 Å². The zero-order chi connectivity index (χ0) is 10.6. The molecule has 5 heteroatoms. The Labute approximate surface area is 85.8 Å². The number of nitrogens with zero attached hydrogens (tertiary/aromatic N) is 1. The normalized spacial score (nSPS) is 11.7. The minimum atomic E-state index is -0.346. The third-order valence-electron chi connectivity index (χ3n) is 1.64. The van der Waals surface area contributed by atoms with Crippen LogP contribution in [0.3, 0.4) is 0 Å². The molecule has 0 spiro atoms. The summed E-state index contributed by atoms with van der Waals surface area (Å²) in [4.78, 5) is 0.571. The highest BCUT2D eigenvalue weighted by molar-refractivity contribution is 7.99. The zero-order valence-electron chi connectivity index (χ0n) is 7.70. The van der Waals surface area contributed by atoms with Gasteiger partial charge in [-0.25, -0.2) is 4.39 Å². The maximum atomic E-state index is 13.3. The van der Waals surface area contributed by atoms with E-state index in [2.05, 4.69) is 5.16 Å². The summed E-state index contributed by atoms with van der Waals surface area (Å²) in [6.07, 6.45) is 0. The maximum Gasteiger partial charge on any atom is 0.170 e. The molecule has 0 fully saturated rings. The highest BCUT2D eigenvalue weighted by atomic mass is 32.2. The molecule has 0 aliphatic rings. The van der Waals surface area contributed by atoms with Gasteiger partial charge in [-0.3, -0.25) is 0 Å². The number of rotatable bonds is 3. The summed E-state index contributed by atoms with van der Waals surface area (Å²) in [6.45, 7) is 1.95. The molecule has 0 aliphatic heterocycles. The quantitative estimate of drug-likeness (QED) is 0.266. The Kier molecular flexibility index (Phi) is 3.76. The first kappa shape index (κ1) is 10.8. The lowest BCUT2D eigenvalue weighted by Crippen LogP contribution is -2.13. The molecule has 3 nitrogen and oxygen atoms in total. The van der Waals surface area contributed by atoms with E-state index in [-0.39, 0.29) is 11.7 Å². The molecule has 0 saturated heterocycles. The average molecular weight is 214 g/mol. The Bertz CT molecular complexity index is 355. The number of halogens is 1. The van der Waals surface area contributed by atoms with Crippen molar-refractivity contribution in [3.05, 3.63) is 29.6 Å². The second kappa shape index (κ2) is 4.85. The summed E-state index contributed by atoms with van der Waals surface area (Å²) < 4.78 is 13.3. The summed E-state index contributed by atoms with van der Waals surface area (Å²) >= 11 is 1.41. The monoisotopic (exact) mass is 214 g/mol. The third kappa shape index (κ3) is 2.38. The van der Waals surface area contributed by atoms with E-state index in [1.165, 1.54) is 17.8 Å². The molecule has 0 unspecified atom stereocenters. The van der Waals surface area contributed by atoms with Crippen molar-refractivity contribution in [2.75, 3.05) is 5.75 Å². The van der Waals surface area contributed by atoms with Crippen LogP contribution in [0.5, 0.6) is 0 Å². The number of amidine groups is 1. The Morgan fingerprint density at radius 3 is 2.86 bits per heavy atom. The molecule has 0 heterocycles. The van der Waals surface area contributed by atoms with Crippen LogP contribution >= 0.6 is 11.8 Å². The Morgan fingerprint density at radius 2 is 2.36 bits per heavy atom. The lowest BCUT2D eigenvalue weighted by molar-refractivity contribution is 0.318. The van der Waals surface area contributed by atoms with Gasteiger partial charge in [0.15, 0.2) is 5.84 Å². The number of benzene rings is 1. The van der Waals surface area contributed by atoms with Crippen molar-refractivity contribution < 1.29 is 9.60 Å². The molecule has 0 bridgehead atoms. The number of oxime groups is 1. The first-order valence-electron chi connectivity index (χ1n) is 4.09. The van der Waals surface area contributed by atoms with Crippen LogP contribution in [0, 0.1) is 5.82 Å². The Balaban J connectivity index is 3.00.